The molecular weight excluding hydrogens is 340 g/mol. The molecule has 2 aromatic carbocycles. The average Bonchev–Trinajstić information content (AvgIpc) is 3.01. The Bertz CT molecular complexity index is 875. The molecule has 0 aliphatic rings. The van der Waals surface area contributed by atoms with Gasteiger partial charge in [0.2, 0.25) is 0 Å². The van der Waals surface area contributed by atoms with Crippen molar-refractivity contribution in [2.45, 2.75) is 17.7 Å². The Labute approximate surface area is 149 Å². The molecule has 0 saturated carbocycles. The molecule has 6 heteroatoms. The molecule has 0 radical (unpaired) electrons. The first kappa shape index (κ1) is 16.8. The van der Waals surface area contributed by atoms with Crippen LogP contribution in [0.2, 0.25) is 0 Å². The van der Waals surface area contributed by atoms with Crippen molar-refractivity contribution in [2.75, 3.05) is 12.9 Å². The summed E-state index contributed by atoms with van der Waals surface area (Å²) in [6.45, 7) is 2.68. The van der Waals surface area contributed by atoms with Gasteiger partial charge in [-0.05, 0) is 43.0 Å². The number of phenols is 1. The quantitative estimate of drug-likeness (QED) is 0.482. The predicted molar refractivity (Wildman–Crippen MR) is 103 cm³/mol. The van der Waals surface area contributed by atoms with Gasteiger partial charge in [0, 0.05) is 17.8 Å². The zero-order valence-electron chi connectivity index (χ0n) is 13.5. The van der Waals surface area contributed by atoms with Crippen LogP contribution in [0.1, 0.15) is 18.9 Å². The Balaban J connectivity index is 1.79. The number of phenolic OH excluding ortho intramolecular Hbond substituents is 1. The van der Waals surface area contributed by atoms with Crippen molar-refractivity contribution in [1.29, 1.82) is 0 Å². The van der Waals surface area contributed by atoms with Crippen molar-refractivity contribution < 1.29 is 9.84 Å². The molecule has 3 aromatic rings. The second-order valence-corrected chi connectivity index (χ2v) is 7.25. The van der Waals surface area contributed by atoms with Crippen LogP contribution < -0.4 is 4.74 Å². The first-order chi connectivity index (χ1) is 11.7. The predicted octanol–water partition coefficient (Wildman–Crippen LogP) is 5.26. The van der Waals surface area contributed by atoms with Gasteiger partial charge in [-0.3, -0.25) is 4.99 Å². The molecule has 0 fully saturated rings. The van der Waals surface area contributed by atoms with Crippen LogP contribution >= 0.6 is 23.1 Å². The maximum absolute atomic E-state index is 10.1. The summed E-state index contributed by atoms with van der Waals surface area (Å²) >= 11 is 3.30. The van der Waals surface area contributed by atoms with Crippen molar-refractivity contribution in [3.05, 3.63) is 42.0 Å². The van der Waals surface area contributed by atoms with Gasteiger partial charge in [-0.15, -0.1) is 11.3 Å². The zero-order chi connectivity index (χ0) is 16.9. The fourth-order valence-corrected chi connectivity index (χ4v) is 3.67. The van der Waals surface area contributed by atoms with Crippen LogP contribution in [0.25, 0.3) is 10.2 Å². The summed E-state index contributed by atoms with van der Waals surface area (Å²) in [6, 6.07) is 11.2. The fraction of sp³-hybridized carbons (Fsp3) is 0.222. The Kier molecular flexibility index (Phi) is 5.37. The molecular formula is C18H18N2O2S2. The molecule has 24 heavy (non-hydrogen) atoms. The first-order valence-corrected chi connectivity index (χ1v) is 9.68. The molecule has 0 unspecified atom stereocenters. The van der Waals surface area contributed by atoms with E-state index in [1.165, 1.54) is 0 Å². The smallest absolute Gasteiger partial charge is 0.150 e. The molecule has 0 saturated heterocycles. The number of thioether (sulfide) groups is 1. The standard InChI is InChI=1S/C18H18N2O2S2/c1-3-8-22-14-6-4-12(16(21)10-14)11-19-13-5-7-15-17(9-13)24-18(20-15)23-2/h4-7,9-11,21H,3,8H2,1-2H3. The van der Waals surface area contributed by atoms with Crippen molar-refractivity contribution in [1.82, 2.24) is 4.98 Å². The van der Waals surface area contributed by atoms with Gasteiger partial charge in [0.1, 0.15) is 11.5 Å². The molecule has 0 bridgehead atoms. The number of aromatic hydroxyl groups is 1. The van der Waals surface area contributed by atoms with Gasteiger partial charge < -0.3 is 9.84 Å². The lowest BCUT2D eigenvalue weighted by atomic mass is 10.2. The van der Waals surface area contributed by atoms with Crippen LogP contribution in [0.4, 0.5) is 5.69 Å². The highest BCUT2D eigenvalue weighted by molar-refractivity contribution is 8.00. The number of hydrogen-bond donors (Lipinski definition) is 1. The number of benzene rings is 2. The molecule has 0 aliphatic heterocycles. The lowest BCUT2D eigenvalue weighted by molar-refractivity contribution is 0.315. The highest BCUT2D eigenvalue weighted by atomic mass is 32.2. The van der Waals surface area contributed by atoms with Gasteiger partial charge >= 0.3 is 0 Å². The number of aromatic nitrogens is 1. The highest BCUT2D eigenvalue weighted by Gasteiger charge is 2.04. The van der Waals surface area contributed by atoms with Gasteiger partial charge in [-0.1, -0.05) is 18.7 Å². The first-order valence-electron chi connectivity index (χ1n) is 7.64. The Hall–Kier alpha value is -2.05. The van der Waals surface area contributed by atoms with Crippen molar-refractivity contribution in [3.8, 4) is 11.5 Å². The monoisotopic (exact) mass is 358 g/mol. The molecule has 1 N–H and O–H groups in total. The van der Waals surface area contributed by atoms with Gasteiger partial charge in [0.15, 0.2) is 4.34 Å². The lowest BCUT2D eigenvalue weighted by Gasteiger charge is -2.06. The van der Waals surface area contributed by atoms with Gasteiger partial charge in [0.25, 0.3) is 0 Å². The summed E-state index contributed by atoms with van der Waals surface area (Å²) in [6.07, 6.45) is 4.62. The van der Waals surface area contributed by atoms with Gasteiger partial charge in [-0.25, -0.2) is 4.98 Å². The van der Waals surface area contributed by atoms with Crippen LogP contribution in [-0.4, -0.2) is 29.2 Å². The molecule has 0 amide bonds. The van der Waals surface area contributed by atoms with E-state index in [1.54, 1.807) is 41.4 Å². The Morgan fingerprint density at radius 3 is 2.92 bits per heavy atom. The molecule has 1 aromatic heterocycles. The SMILES string of the molecule is CCCOc1ccc(C=Nc2ccc3nc(SC)sc3c2)c(O)c1. The van der Waals surface area contributed by atoms with E-state index in [9.17, 15) is 5.11 Å². The maximum atomic E-state index is 10.1. The number of rotatable bonds is 6. The third-order valence-corrected chi connectivity index (χ3v) is 5.36. The summed E-state index contributed by atoms with van der Waals surface area (Å²) in [7, 11) is 0. The number of fused-ring (bicyclic) bond motifs is 1. The van der Waals surface area contributed by atoms with Crippen molar-refractivity contribution in [2.24, 2.45) is 4.99 Å². The van der Waals surface area contributed by atoms with E-state index < -0.39 is 0 Å². The van der Waals surface area contributed by atoms with Gasteiger partial charge in [-0.2, -0.15) is 0 Å². The van der Waals surface area contributed by atoms with E-state index in [0.717, 1.165) is 26.7 Å². The summed E-state index contributed by atoms with van der Waals surface area (Å²) in [5.74, 6) is 0.832. The topological polar surface area (TPSA) is 54.7 Å². The maximum Gasteiger partial charge on any atom is 0.150 e. The Morgan fingerprint density at radius 2 is 2.17 bits per heavy atom. The van der Waals surface area contributed by atoms with Crippen LogP contribution in [0.3, 0.4) is 0 Å². The minimum Gasteiger partial charge on any atom is -0.507 e. The molecule has 1 heterocycles. The third-order valence-electron chi connectivity index (χ3n) is 3.35. The molecule has 0 aliphatic carbocycles. The van der Waals surface area contributed by atoms with E-state index in [1.807, 2.05) is 37.4 Å². The summed E-state index contributed by atoms with van der Waals surface area (Å²) in [5.41, 5.74) is 2.49. The highest BCUT2D eigenvalue weighted by Crippen LogP contribution is 2.31. The lowest BCUT2D eigenvalue weighted by Crippen LogP contribution is -1.95. The van der Waals surface area contributed by atoms with Crippen LogP contribution in [-0.2, 0) is 0 Å². The van der Waals surface area contributed by atoms with Crippen LogP contribution in [0.5, 0.6) is 11.5 Å². The minimum absolute atomic E-state index is 0.163. The number of nitrogens with zero attached hydrogens (tertiary/aromatic N) is 2. The van der Waals surface area contributed by atoms with Crippen LogP contribution in [0.15, 0.2) is 45.7 Å². The van der Waals surface area contributed by atoms with Gasteiger partial charge in [0.05, 0.1) is 22.5 Å². The largest absolute Gasteiger partial charge is 0.507 e. The van der Waals surface area contributed by atoms with E-state index >= 15 is 0 Å². The van der Waals surface area contributed by atoms with Crippen molar-refractivity contribution >= 4 is 45.2 Å². The number of hydrogen-bond acceptors (Lipinski definition) is 6. The molecule has 124 valence electrons. The zero-order valence-corrected chi connectivity index (χ0v) is 15.2. The number of ether oxygens (including phenoxy) is 1. The molecule has 4 nitrogen and oxygen atoms in total. The second-order valence-electron chi connectivity index (χ2n) is 5.16. The summed E-state index contributed by atoms with van der Waals surface area (Å²) in [4.78, 5) is 8.98. The number of thiazole rings is 1. The fourth-order valence-electron chi connectivity index (χ4n) is 2.15. The molecule has 0 spiro atoms. The molecule has 3 rings (SSSR count). The number of aliphatic imine (C=N–C) groups is 1. The van der Waals surface area contributed by atoms with Crippen molar-refractivity contribution in [3.63, 3.8) is 0 Å². The summed E-state index contributed by atoms with van der Waals surface area (Å²) in [5, 5.41) is 10.1. The Morgan fingerprint density at radius 1 is 1.29 bits per heavy atom. The van der Waals surface area contributed by atoms with E-state index in [4.69, 9.17) is 4.74 Å². The summed E-state index contributed by atoms with van der Waals surface area (Å²) < 4.78 is 7.66. The van der Waals surface area contributed by atoms with Crippen LogP contribution in [0, 0.1) is 0 Å². The van der Waals surface area contributed by atoms with E-state index in [-0.39, 0.29) is 5.75 Å². The molecule has 0 atom stereocenters. The second kappa shape index (κ2) is 7.68. The average molecular weight is 358 g/mol. The normalized spacial score (nSPS) is 11.4. The minimum atomic E-state index is 0.163. The van der Waals surface area contributed by atoms with E-state index in [2.05, 4.69) is 9.98 Å². The van der Waals surface area contributed by atoms with E-state index in [0.29, 0.717) is 17.9 Å². The third kappa shape index (κ3) is 3.88.